The summed E-state index contributed by atoms with van der Waals surface area (Å²) in [4.78, 5) is 19.3. The van der Waals surface area contributed by atoms with Gasteiger partial charge in [-0.15, -0.1) is 0 Å². The normalized spacial score (nSPS) is 16.7. The summed E-state index contributed by atoms with van der Waals surface area (Å²) in [6.07, 6.45) is 5.57. The van der Waals surface area contributed by atoms with E-state index in [0.29, 0.717) is 13.2 Å². The minimum absolute atomic E-state index is 0.0572. The van der Waals surface area contributed by atoms with Crippen molar-refractivity contribution in [1.82, 2.24) is 9.88 Å². The third kappa shape index (κ3) is 4.29. The number of piperidine rings is 1. The molecule has 0 radical (unpaired) electrons. The largest absolute Gasteiger partial charge is 0.372 e. The molecule has 2 aromatic carbocycles. The lowest BCUT2D eigenvalue weighted by Crippen LogP contribution is -2.43. The van der Waals surface area contributed by atoms with Crippen LogP contribution in [-0.4, -0.2) is 35.0 Å². The van der Waals surface area contributed by atoms with Gasteiger partial charge in [0.2, 0.25) is 0 Å². The van der Waals surface area contributed by atoms with Gasteiger partial charge in [-0.25, -0.2) is 0 Å². The molecule has 2 heterocycles. The van der Waals surface area contributed by atoms with Crippen LogP contribution in [0, 0.1) is 0 Å². The quantitative estimate of drug-likeness (QED) is 0.659. The van der Waals surface area contributed by atoms with E-state index in [1.165, 1.54) is 0 Å². The third-order valence-electron chi connectivity index (χ3n) is 5.12. The molecule has 4 heteroatoms. The Morgan fingerprint density at radius 3 is 2.68 bits per heavy atom. The van der Waals surface area contributed by atoms with Gasteiger partial charge in [0.15, 0.2) is 0 Å². The lowest BCUT2D eigenvalue weighted by atomic mass is 9.98. The highest BCUT2D eigenvalue weighted by Gasteiger charge is 2.26. The smallest absolute Gasteiger partial charge is 0.254 e. The molecular formula is C24H24N2O2. The van der Waals surface area contributed by atoms with E-state index in [4.69, 9.17) is 4.74 Å². The van der Waals surface area contributed by atoms with Gasteiger partial charge >= 0.3 is 0 Å². The Morgan fingerprint density at radius 2 is 1.86 bits per heavy atom. The third-order valence-corrected chi connectivity index (χ3v) is 5.12. The van der Waals surface area contributed by atoms with Crippen molar-refractivity contribution in [3.8, 4) is 11.1 Å². The minimum atomic E-state index is 0.0572. The van der Waals surface area contributed by atoms with Crippen molar-refractivity contribution < 1.29 is 9.53 Å². The van der Waals surface area contributed by atoms with Crippen molar-refractivity contribution in [2.75, 3.05) is 13.1 Å². The van der Waals surface area contributed by atoms with Gasteiger partial charge in [0, 0.05) is 31.0 Å². The monoisotopic (exact) mass is 372 g/mol. The number of pyridine rings is 1. The molecule has 0 unspecified atom stereocenters. The zero-order chi connectivity index (χ0) is 19.2. The van der Waals surface area contributed by atoms with Crippen LogP contribution < -0.4 is 0 Å². The molecule has 1 amide bonds. The SMILES string of the molecule is O=C(c1ccccc1-c1ccccc1)N1CCC[C@H](OCc2cccnc2)C1. The molecule has 0 aliphatic carbocycles. The Morgan fingerprint density at radius 1 is 1.04 bits per heavy atom. The first kappa shape index (κ1) is 18.4. The van der Waals surface area contributed by atoms with Crippen LogP contribution in [0.5, 0.6) is 0 Å². The van der Waals surface area contributed by atoms with Gasteiger partial charge < -0.3 is 9.64 Å². The zero-order valence-electron chi connectivity index (χ0n) is 15.8. The molecule has 28 heavy (non-hydrogen) atoms. The van der Waals surface area contributed by atoms with Gasteiger partial charge in [0.05, 0.1) is 12.7 Å². The van der Waals surface area contributed by atoms with Crippen LogP contribution in [0.1, 0.15) is 28.8 Å². The van der Waals surface area contributed by atoms with E-state index in [1.54, 1.807) is 6.20 Å². The highest BCUT2D eigenvalue weighted by Crippen LogP contribution is 2.26. The number of nitrogens with zero attached hydrogens (tertiary/aromatic N) is 2. The van der Waals surface area contributed by atoms with Crippen molar-refractivity contribution in [2.45, 2.75) is 25.6 Å². The number of aromatic nitrogens is 1. The molecular weight excluding hydrogens is 348 g/mol. The number of carbonyl (C=O) groups excluding carboxylic acids is 1. The van der Waals surface area contributed by atoms with Gasteiger partial charge in [0.25, 0.3) is 5.91 Å². The van der Waals surface area contributed by atoms with E-state index < -0.39 is 0 Å². The second kappa shape index (κ2) is 8.81. The maximum atomic E-state index is 13.3. The summed E-state index contributed by atoms with van der Waals surface area (Å²) in [7, 11) is 0. The average Bonchev–Trinajstić information content (AvgIpc) is 2.79. The first-order valence-corrected chi connectivity index (χ1v) is 9.75. The summed E-state index contributed by atoms with van der Waals surface area (Å²) in [6, 6.07) is 21.8. The Labute approximate surface area is 165 Å². The number of likely N-dealkylation sites (tertiary alicyclic amines) is 1. The average molecular weight is 372 g/mol. The number of hydrogen-bond donors (Lipinski definition) is 0. The Bertz CT molecular complexity index is 912. The van der Waals surface area contributed by atoms with Crippen LogP contribution in [0.4, 0.5) is 0 Å². The van der Waals surface area contributed by atoms with E-state index in [2.05, 4.69) is 4.98 Å². The van der Waals surface area contributed by atoms with E-state index >= 15 is 0 Å². The zero-order valence-corrected chi connectivity index (χ0v) is 15.8. The lowest BCUT2D eigenvalue weighted by Gasteiger charge is -2.33. The minimum Gasteiger partial charge on any atom is -0.372 e. The van der Waals surface area contributed by atoms with Gasteiger partial charge in [-0.2, -0.15) is 0 Å². The van der Waals surface area contributed by atoms with Gasteiger partial charge in [-0.3, -0.25) is 9.78 Å². The number of benzene rings is 2. The number of rotatable bonds is 5. The molecule has 0 saturated carbocycles. The standard InChI is InChI=1S/C24H24N2O2/c27-24(23-13-5-4-12-22(23)20-9-2-1-3-10-20)26-15-7-11-21(17-26)28-18-19-8-6-14-25-16-19/h1-6,8-10,12-14,16,21H,7,11,15,17-18H2/t21-/m0/s1. The molecule has 0 N–H and O–H groups in total. The fourth-order valence-corrected chi connectivity index (χ4v) is 3.67. The predicted molar refractivity (Wildman–Crippen MR) is 110 cm³/mol. The fraction of sp³-hybridized carbons (Fsp3) is 0.250. The van der Waals surface area contributed by atoms with E-state index in [0.717, 1.165) is 41.6 Å². The van der Waals surface area contributed by atoms with Crippen molar-refractivity contribution in [2.24, 2.45) is 0 Å². The number of carbonyl (C=O) groups is 1. The van der Waals surface area contributed by atoms with Gasteiger partial charge in [-0.05, 0) is 41.7 Å². The van der Waals surface area contributed by atoms with E-state index in [1.807, 2.05) is 77.8 Å². The van der Waals surface area contributed by atoms with Crippen molar-refractivity contribution in [1.29, 1.82) is 0 Å². The summed E-state index contributed by atoms with van der Waals surface area (Å²) in [5.41, 5.74) is 3.85. The van der Waals surface area contributed by atoms with Gasteiger partial charge in [0.1, 0.15) is 0 Å². The summed E-state index contributed by atoms with van der Waals surface area (Å²) < 4.78 is 6.07. The van der Waals surface area contributed by atoms with Crippen LogP contribution in [-0.2, 0) is 11.3 Å². The highest BCUT2D eigenvalue weighted by molar-refractivity contribution is 6.00. The number of amides is 1. The molecule has 3 aromatic rings. The molecule has 142 valence electrons. The number of hydrogen-bond acceptors (Lipinski definition) is 3. The first-order chi connectivity index (χ1) is 13.8. The molecule has 1 aliphatic rings. The van der Waals surface area contributed by atoms with E-state index in [-0.39, 0.29) is 12.0 Å². The molecule has 1 fully saturated rings. The van der Waals surface area contributed by atoms with Crippen LogP contribution >= 0.6 is 0 Å². The van der Waals surface area contributed by atoms with Crippen LogP contribution in [0.25, 0.3) is 11.1 Å². The van der Waals surface area contributed by atoms with Gasteiger partial charge in [-0.1, -0.05) is 54.6 Å². The molecule has 4 rings (SSSR count). The second-order valence-corrected chi connectivity index (χ2v) is 7.10. The van der Waals surface area contributed by atoms with Crippen LogP contribution in [0.3, 0.4) is 0 Å². The molecule has 1 aromatic heterocycles. The topological polar surface area (TPSA) is 42.4 Å². The van der Waals surface area contributed by atoms with Crippen LogP contribution in [0.15, 0.2) is 79.1 Å². The molecule has 4 nitrogen and oxygen atoms in total. The fourth-order valence-electron chi connectivity index (χ4n) is 3.67. The first-order valence-electron chi connectivity index (χ1n) is 9.75. The maximum absolute atomic E-state index is 13.3. The van der Waals surface area contributed by atoms with Crippen molar-refractivity contribution in [3.63, 3.8) is 0 Å². The van der Waals surface area contributed by atoms with Crippen molar-refractivity contribution >= 4 is 5.91 Å². The molecule has 1 aliphatic heterocycles. The highest BCUT2D eigenvalue weighted by atomic mass is 16.5. The Hall–Kier alpha value is -2.98. The molecule has 0 spiro atoms. The number of ether oxygens (including phenoxy) is 1. The summed E-state index contributed by atoms with van der Waals surface area (Å²) >= 11 is 0. The Kier molecular flexibility index (Phi) is 5.78. The second-order valence-electron chi connectivity index (χ2n) is 7.10. The maximum Gasteiger partial charge on any atom is 0.254 e. The van der Waals surface area contributed by atoms with Crippen molar-refractivity contribution in [3.05, 3.63) is 90.3 Å². The molecule has 1 saturated heterocycles. The Balaban J connectivity index is 1.46. The molecule has 0 bridgehead atoms. The predicted octanol–water partition coefficient (Wildman–Crippen LogP) is 4.57. The summed E-state index contributed by atoms with van der Waals surface area (Å²) in [5, 5.41) is 0. The molecule has 1 atom stereocenters. The van der Waals surface area contributed by atoms with E-state index in [9.17, 15) is 4.79 Å². The lowest BCUT2D eigenvalue weighted by molar-refractivity contribution is -0.00679. The summed E-state index contributed by atoms with van der Waals surface area (Å²) in [6.45, 7) is 1.93. The summed E-state index contributed by atoms with van der Waals surface area (Å²) in [5.74, 6) is 0.0779. The van der Waals surface area contributed by atoms with Crippen LogP contribution in [0.2, 0.25) is 0 Å².